The lowest BCUT2D eigenvalue weighted by Crippen LogP contribution is -2.55. The van der Waals surface area contributed by atoms with E-state index in [2.05, 4.69) is 20.7 Å². The summed E-state index contributed by atoms with van der Waals surface area (Å²) in [6.45, 7) is 0.919. The lowest BCUT2D eigenvalue weighted by Gasteiger charge is -2.42. The number of rotatable bonds is 8. The van der Waals surface area contributed by atoms with Gasteiger partial charge in [-0.05, 0) is 31.6 Å². The fraction of sp³-hybridized carbons (Fsp3) is 0.474. The van der Waals surface area contributed by atoms with E-state index >= 15 is 0 Å². The van der Waals surface area contributed by atoms with E-state index in [0.29, 0.717) is 11.6 Å². The number of nitrogens with zero attached hydrogens (tertiary/aromatic N) is 3. The number of aliphatic carboxylic acids is 1. The summed E-state index contributed by atoms with van der Waals surface area (Å²) >= 11 is 0. The first-order chi connectivity index (χ1) is 13.1. The quantitative estimate of drug-likeness (QED) is 0.651. The van der Waals surface area contributed by atoms with Crippen LogP contribution in [0.15, 0.2) is 30.3 Å². The van der Waals surface area contributed by atoms with Crippen LogP contribution >= 0.6 is 0 Å². The largest absolute Gasteiger partial charge is 0.480 e. The summed E-state index contributed by atoms with van der Waals surface area (Å²) < 4.78 is 0. The first-order valence-corrected chi connectivity index (χ1v) is 9.33. The molecule has 0 radical (unpaired) electrons. The van der Waals surface area contributed by atoms with Crippen LogP contribution in [0, 0.1) is 5.92 Å². The van der Waals surface area contributed by atoms with Crippen LogP contribution in [0.2, 0.25) is 0 Å². The third-order valence-corrected chi connectivity index (χ3v) is 5.30. The van der Waals surface area contributed by atoms with E-state index in [0.717, 1.165) is 24.9 Å². The summed E-state index contributed by atoms with van der Waals surface area (Å²) in [5, 5.41) is 22.8. The minimum Gasteiger partial charge on any atom is -0.480 e. The van der Waals surface area contributed by atoms with Gasteiger partial charge in [-0.2, -0.15) is 15.4 Å². The van der Waals surface area contributed by atoms with Crippen LogP contribution in [0.1, 0.15) is 36.2 Å². The summed E-state index contributed by atoms with van der Waals surface area (Å²) in [7, 11) is 0. The van der Waals surface area contributed by atoms with Gasteiger partial charge in [0, 0.05) is 24.2 Å². The van der Waals surface area contributed by atoms with Gasteiger partial charge in [0.15, 0.2) is 5.69 Å². The number of hydrogen-bond acceptors (Lipinski definition) is 5. The molecule has 2 aliphatic carbocycles. The highest BCUT2D eigenvalue weighted by Gasteiger charge is 2.38. The lowest BCUT2D eigenvalue weighted by atomic mass is 9.85. The smallest absolute Gasteiger partial charge is 0.317 e. The highest BCUT2D eigenvalue weighted by molar-refractivity contribution is 5.98. The Hall–Kier alpha value is -2.74. The van der Waals surface area contributed by atoms with Gasteiger partial charge in [0.05, 0.1) is 6.54 Å². The predicted molar refractivity (Wildman–Crippen MR) is 98.0 cm³/mol. The van der Waals surface area contributed by atoms with Gasteiger partial charge in [-0.1, -0.05) is 30.3 Å². The zero-order valence-corrected chi connectivity index (χ0v) is 15.0. The first kappa shape index (κ1) is 17.7. The maximum Gasteiger partial charge on any atom is 0.317 e. The summed E-state index contributed by atoms with van der Waals surface area (Å²) in [5.41, 5.74) is 1.65. The number of carbonyl (C=O) groups is 2. The van der Waals surface area contributed by atoms with Crippen molar-refractivity contribution in [1.82, 2.24) is 25.6 Å². The monoisotopic (exact) mass is 369 g/mol. The molecule has 2 fully saturated rings. The summed E-state index contributed by atoms with van der Waals surface area (Å²) in [5.74, 6) is -0.405. The Morgan fingerprint density at radius 3 is 2.59 bits per heavy atom. The highest BCUT2D eigenvalue weighted by Crippen LogP contribution is 2.34. The van der Waals surface area contributed by atoms with Crippen molar-refractivity contribution in [2.45, 2.75) is 37.8 Å². The van der Waals surface area contributed by atoms with Crippen molar-refractivity contribution in [3.05, 3.63) is 36.0 Å². The van der Waals surface area contributed by atoms with Crippen LogP contribution in [0.4, 0.5) is 0 Å². The topological polar surface area (TPSA) is 111 Å². The van der Waals surface area contributed by atoms with Gasteiger partial charge in [-0.3, -0.25) is 14.5 Å². The van der Waals surface area contributed by atoms with Crippen LogP contribution in [-0.4, -0.2) is 62.5 Å². The third kappa shape index (κ3) is 4.16. The molecule has 0 bridgehead atoms. The number of aromatic amines is 1. The summed E-state index contributed by atoms with van der Waals surface area (Å²) in [6.07, 6.45) is 3.92. The number of hydrogen-bond donors (Lipinski definition) is 3. The molecule has 0 atom stereocenters. The molecule has 2 aliphatic rings. The maximum absolute atomic E-state index is 12.6. The molecule has 1 aromatic heterocycles. The van der Waals surface area contributed by atoms with Crippen LogP contribution < -0.4 is 5.32 Å². The molecule has 2 aromatic rings. The Bertz CT molecular complexity index is 812. The number of carboxylic acids is 1. The molecule has 0 saturated heterocycles. The number of amides is 1. The summed E-state index contributed by atoms with van der Waals surface area (Å²) in [6, 6.07) is 9.71. The van der Waals surface area contributed by atoms with Gasteiger partial charge in [0.25, 0.3) is 5.91 Å². The van der Waals surface area contributed by atoms with Crippen molar-refractivity contribution in [1.29, 1.82) is 0 Å². The first-order valence-electron chi connectivity index (χ1n) is 9.33. The van der Waals surface area contributed by atoms with Crippen LogP contribution in [0.3, 0.4) is 0 Å². The van der Waals surface area contributed by atoms with Crippen LogP contribution in [-0.2, 0) is 4.79 Å². The average Bonchev–Trinajstić information content (AvgIpc) is 3.29. The Kier molecular flexibility index (Phi) is 4.89. The average molecular weight is 369 g/mol. The molecule has 3 N–H and O–H groups in total. The molecular weight excluding hydrogens is 346 g/mol. The Balaban J connectivity index is 1.34. The van der Waals surface area contributed by atoms with E-state index in [1.54, 1.807) is 0 Å². The molecule has 0 aliphatic heterocycles. The van der Waals surface area contributed by atoms with Gasteiger partial charge >= 0.3 is 5.97 Å². The fourth-order valence-electron chi connectivity index (χ4n) is 3.59. The van der Waals surface area contributed by atoms with Crippen LogP contribution in [0.5, 0.6) is 0 Å². The second-order valence-corrected chi connectivity index (χ2v) is 7.45. The van der Waals surface area contributed by atoms with Crippen molar-refractivity contribution < 1.29 is 14.7 Å². The fourth-order valence-corrected chi connectivity index (χ4v) is 3.59. The molecule has 8 heteroatoms. The van der Waals surface area contributed by atoms with E-state index in [4.69, 9.17) is 5.11 Å². The van der Waals surface area contributed by atoms with E-state index < -0.39 is 5.97 Å². The van der Waals surface area contributed by atoms with E-state index in [-0.39, 0.29) is 30.2 Å². The molecule has 142 valence electrons. The second-order valence-electron chi connectivity index (χ2n) is 7.45. The molecule has 1 amide bonds. The third-order valence-electron chi connectivity index (χ3n) is 5.30. The number of carboxylic acid groups (broad SMARTS) is 1. The molecule has 0 unspecified atom stereocenters. The van der Waals surface area contributed by atoms with Gasteiger partial charge in [-0.15, -0.1) is 0 Å². The molecular formula is C19H23N5O3. The molecule has 8 nitrogen and oxygen atoms in total. The summed E-state index contributed by atoms with van der Waals surface area (Å²) in [4.78, 5) is 25.8. The highest BCUT2D eigenvalue weighted by atomic mass is 16.4. The molecule has 0 spiro atoms. The molecule has 4 rings (SSSR count). The Labute approximate surface area is 157 Å². The number of H-pyrrole nitrogens is 1. The zero-order valence-electron chi connectivity index (χ0n) is 15.0. The molecule has 1 aromatic carbocycles. The zero-order chi connectivity index (χ0) is 18.8. The number of carbonyl (C=O) groups excluding carboxylic acids is 1. The normalized spacial score (nSPS) is 21.7. The van der Waals surface area contributed by atoms with Gasteiger partial charge < -0.3 is 10.4 Å². The lowest BCUT2D eigenvalue weighted by molar-refractivity contribution is -0.139. The minimum absolute atomic E-state index is 0.0401. The Morgan fingerprint density at radius 2 is 1.93 bits per heavy atom. The van der Waals surface area contributed by atoms with E-state index in [1.165, 1.54) is 12.8 Å². The SMILES string of the molecule is O=C(O)CN(CC1CC1)C1CC(NC(=O)c2n[nH]nc2-c2ccccc2)C1. The van der Waals surface area contributed by atoms with Gasteiger partial charge in [0.2, 0.25) is 0 Å². The standard InChI is InChI=1S/C19H23N5O3/c25-16(26)11-24(10-12-6-7-12)15-8-14(9-15)20-19(27)18-17(21-23-22-18)13-4-2-1-3-5-13/h1-5,12,14-15H,6-11H2,(H,20,27)(H,25,26)(H,21,22,23). The minimum atomic E-state index is -0.793. The van der Waals surface area contributed by atoms with Crippen molar-refractivity contribution in [3.63, 3.8) is 0 Å². The van der Waals surface area contributed by atoms with Crippen molar-refractivity contribution in [3.8, 4) is 11.3 Å². The van der Waals surface area contributed by atoms with E-state index in [9.17, 15) is 9.59 Å². The predicted octanol–water partition coefficient (Wildman–Crippen LogP) is 1.53. The van der Waals surface area contributed by atoms with Crippen molar-refractivity contribution >= 4 is 11.9 Å². The van der Waals surface area contributed by atoms with Gasteiger partial charge in [0.1, 0.15) is 5.69 Å². The maximum atomic E-state index is 12.6. The number of nitrogens with one attached hydrogen (secondary N) is 2. The van der Waals surface area contributed by atoms with Crippen molar-refractivity contribution in [2.24, 2.45) is 5.92 Å². The molecule has 2 saturated carbocycles. The molecule has 1 heterocycles. The van der Waals surface area contributed by atoms with Gasteiger partial charge in [-0.25, -0.2) is 0 Å². The second kappa shape index (κ2) is 7.48. The van der Waals surface area contributed by atoms with Crippen molar-refractivity contribution in [2.75, 3.05) is 13.1 Å². The Morgan fingerprint density at radius 1 is 1.19 bits per heavy atom. The number of aromatic nitrogens is 3. The van der Waals surface area contributed by atoms with E-state index in [1.807, 2.05) is 35.2 Å². The van der Waals surface area contributed by atoms with Crippen LogP contribution in [0.25, 0.3) is 11.3 Å². The molecule has 27 heavy (non-hydrogen) atoms. The number of benzene rings is 1.